The van der Waals surface area contributed by atoms with Gasteiger partial charge >= 0.3 is 0 Å². The van der Waals surface area contributed by atoms with Gasteiger partial charge in [0.15, 0.2) is 0 Å². The van der Waals surface area contributed by atoms with Crippen molar-refractivity contribution in [3.8, 4) is 0 Å². The zero-order valence-corrected chi connectivity index (χ0v) is 7.85. The van der Waals surface area contributed by atoms with E-state index >= 15 is 0 Å². The summed E-state index contributed by atoms with van der Waals surface area (Å²) < 4.78 is 0. The van der Waals surface area contributed by atoms with Crippen molar-refractivity contribution in [1.29, 1.82) is 0 Å². The lowest BCUT2D eigenvalue weighted by molar-refractivity contribution is 0.331. The SMILES string of the molecule is CN1CCC[C@@H]1[CH2][AlH2]. The first-order chi connectivity index (χ1) is 3.84. The van der Waals surface area contributed by atoms with Crippen LogP contribution in [0.4, 0.5) is 0 Å². The molecule has 1 nitrogen and oxygen atoms in total. The number of rotatable bonds is 1. The van der Waals surface area contributed by atoms with Crippen molar-refractivity contribution in [1.82, 2.24) is 4.90 Å². The minimum Gasteiger partial charge on any atom is -0.305 e. The smallest absolute Gasteiger partial charge is 0.214 e. The van der Waals surface area contributed by atoms with Crippen LogP contribution < -0.4 is 0 Å². The third-order valence-corrected chi connectivity index (χ3v) is 3.09. The summed E-state index contributed by atoms with van der Waals surface area (Å²) in [5, 5.41) is 1.47. The summed E-state index contributed by atoms with van der Waals surface area (Å²) in [5.41, 5.74) is 0. The van der Waals surface area contributed by atoms with Gasteiger partial charge in [-0.3, -0.25) is 0 Å². The molecule has 1 saturated heterocycles. The van der Waals surface area contributed by atoms with Crippen molar-refractivity contribution < 1.29 is 0 Å². The second kappa shape index (κ2) is 2.87. The maximum absolute atomic E-state index is 2.49. The fraction of sp³-hybridized carbons (Fsp3) is 1.00. The lowest BCUT2D eigenvalue weighted by Gasteiger charge is -2.16. The molecule has 46 valence electrons. The lowest BCUT2D eigenvalue weighted by atomic mass is 10.2. The van der Waals surface area contributed by atoms with E-state index in [0.29, 0.717) is 0 Å². The van der Waals surface area contributed by atoms with E-state index in [9.17, 15) is 0 Å². The molecule has 1 aliphatic heterocycles. The van der Waals surface area contributed by atoms with Gasteiger partial charge in [0.05, 0.1) is 0 Å². The van der Waals surface area contributed by atoms with Gasteiger partial charge in [0, 0.05) is 0 Å². The van der Waals surface area contributed by atoms with Crippen LogP contribution in [-0.2, 0) is 0 Å². The second-order valence-corrected chi connectivity index (χ2v) is 3.50. The summed E-state index contributed by atoms with van der Waals surface area (Å²) in [4.78, 5) is 2.49. The Morgan fingerprint density at radius 2 is 2.50 bits per heavy atom. The van der Waals surface area contributed by atoms with Gasteiger partial charge in [-0.1, -0.05) is 5.28 Å². The number of hydrogen-bond acceptors (Lipinski definition) is 1. The molecule has 0 aliphatic carbocycles. The molecule has 0 unspecified atom stereocenters. The van der Waals surface area contributed by atoms with Crippen molar-refractivity contribution in [2.24, 2.45) is 0 Å². The summed E-state index contributed by atoms with van der Waals surface area (Å²) in [7, 11) is 2.25. The van der Waals surface area contributed by atoms with Crippen LogP contribution in [0.25, 0.3) is 0 Å². The standard InChI is InChI=1S/C6H12N.Al.2H/c1-6-4-3-5-7(6)2;;;/h6H,1,3-5H2,2H3;;;/t6-;;;/m0.../s1. The monoisotopic (exact) mass is 127 g/mol. The lowest BCUT2D eigenvalue weighted by Crippen LogP contribution is -2.23. The van der Waals surface area contributed by atoms with E-state index in [0.717, 1.165) is 6.04 Å². The minimum atomic E-state index is 0.960. The molecule has 1 fully saturated rings. The molecular weight excluding hydrogens is 113 g/mol. The molecule has 0 radical (unpaired) electrons. The highest BCUT2D eigenvalue weighted by Gasteiger charge is 2.17. The third-order valence-electron chi connectivity index (χ3n) is 2.14. The summed E-state index contributed by atoms with van der Waals surface area (Å²) in [6.07, 6.45) is 2.89. The number of likely N-dealkylation sites (tertiary alicyclic amines) is 1. The molecule has 0 aromatic carbocycles. The van der Waals surface area contributed by atoms with Crippen LogP contribution in [0.2, 0.25) is 5.28 Å². The predicted octanol–water partition coefficient (Wildman–Crippen LogP) is 0.132. The Bertz CT molecular complexity index is 74.9. The number of nitrogens with zero attached hydrogens (tertiary/aromatic N) is 1. The van der Waals surface area contributed by atoms with Gasteiger partial charge in [0.2, 0.25) is 16.3 Å². The van der Waals surface area contributed by atoms with Crippen LogP contribution in [0.3, 0.4) is 0 Å². The molecule has 2 heteroatoms. The van der Waals surface area contributed by atoms with Crippen LogP contribution in [-0.4, -0.2) is 40.8 Å². The summed E-state index contributed by atoms with van der Waals surface area (Å²) in [6, 6.07) is 0.960. The molecule has 1 atom stereocenters. The van der Waals surface area contributed by atoms with Crippen LogP contribution in [0.15, 0.2) is 0 Å². The second-order valence-electron chi connectivity index (χ2n) is 2.68. The molecular formula is C6H14AlN. The van der Waals surface area contributed by atoms with Crippen molar-refractivity contribution in [2.45, 2.75) is 24.2 Å². The Balaban J connectivity index is 2.30. The Labute approximate surface area is 59.5 Å². The Morgan fingerprint density at radius 1 is 1.75 bits per heavy atom. The van der Waals surface area contributed by atoms with Crippen LogP contribution >= 0.6 is 0 Å². The van der Waals surface area contributed by atoms with Crippen molar-refractivity contribution in [2.75, 3.05) is 13.6 Å². The van der Waals surface area contributed by atoms with E-state index in [1.807, 2.05) is 0 Å². The van der Waals surface area contributed by atoms with Gasteiger partial charge < -0.3 is 4.90 Å². The first-order valence-corrected chi connectivity index (χ1v) is 4.96. The summed E-state index contributed by atoms with van der Waals surface area (Å²) >= 11 is 1.38. The van der Waals surface area contributed by atoms with E-state index in [2.05, 4.69) is 11.9 Å². The summed E-state index contributed by atoms with van der Waals surface area (Å²) in [6.45, 7) is 1.34. The molecule has 0 aromatic rings. The van der Waals surface area contributed by atoms with Crippen molar-refractivity contribution in [3.63, 3.8) is 0 Å². The van der Waals surface area contributed by atoms with Gasteiger partial charge in [-0.05, 0) is 32.5 Å². The molecule has 0 N–H and O–H groups in total. The fourth-order valence-electron chi connectivity index (χ4n) is 1.50. The molecule has 1 heterocycles. The van der Waals surface area contributed by atoms with Crippen LogP contribution in [0.1, 0.15) is 12.8 Å². The maximum atomic E-state index is 2.49. The van der Waals surface area contributed by atoms with Gasteiger partial charge in [-0.15, -0.1) is 0 Å². The molecule has 0 aromatic heterocycles. The highest BCUT2D eigenvalue weighted by Crippen LogP contribution is 2.16. The number of hydrogen-bond donors (Lipinski definition) is 0. The van der Waals surface area contributed by atoms with Crippen LogP contribution in [0, 0.1) is 0 Å². The quantitative estimate of drug-likeness (QED) is 0.453. The fourth-order valence-corrected chi connectivity index (χ4v) is 2.53. The molecule has 1 rings (SSSR count). The van der Waals surface area contributed by atoms with E-state index in [1.54, 1.807) is 0 Å². The van der Waals surface area contributed by atoms with Gasteiger partial charge in [-0.2, -0.15) is 0 Å². The maximum Gasteiger partial charge on any atom is 0.214 e. The van der Waals surface area contributed by atoms with Gasteiger partial charge in [0.25, 0.3) is 0 Å². The Kier molecular flexibility index (Phi) is 2.37. The minimum absolute atomic E-state index is 0.960. The molecule has 0 saturated carbocycles. The van der Waals surface area contributed by atoms with Crippen LogP contribution in [0.5, 0.6) is 0 Å². The summed E-state index contributed by atoms with van der Waals surface area (Å²) in [5.74, 6) is 0. The molecule has 0 spiro atoms. The average molecular weight is 127 g/mol. The van der Waals surface area contributed by atoms with Crippen molar-refractivity contribution in [3.05, 3.63) is 0 Å². The van der Waals surface area contributed by atoms with Gasteiger partial charge in [-0.25, -0.2) is 0 Å². The van der Waals surface area contributed by atoms with Crippen molar-refractivity contribution >= 4 is 16.3 Å². The molecule has 0 amide bonds. The van der Waals surface area contributed by atoms with E-state index in [4.69, 9.17) is 0 Å². The molecule has 0 bridgehead atoms. The largest absolute Gasteiger partial charge is 0.305 e. The van der Waals surface area contributed by atoms with E-state index in [-0.39, 0.29) is 0 Å². The Morgan fingerprint density at radius 3 is 2.75 bits per heavy atom. The molecule has 8 heavy (non-hydrogen) atoms. The average Bonchev–Trinajstić information content (AvgIpc) is 2.14. The third kappa shape index (κ3) is 1.26. The molecule has 1 aliphatic rings. The first-order valence-electron chi connectivity index (χ1n) is 3.55. The van der Waals surface area contributed by atoms with E-state index < -0.39 is 0 Å². The topological polar surface area (TPSA) is 3.24 Å². The zero-order valence-electron chi connectivity index (χ0n) is 5.85. The predicted molar refractivity (Wildman–Crippen MR) is 39.0 cm³/mol. The highest BCUT2D eigenvalue weighted by molar-refractivity contribution is 6.08. The van der Waals surface area contributed by atoms with Gasteiger partial charge in [0.1, 0.15) is 0 Å². The normalized spacial score (nSPS) is 31.4. The highest BCUT2D eigenvalue weighted by atomic mass is 27.0. The zero-order chi connectivity index (χ0) is 5.98. The van der Waals surface area contributed by atoms with E-state index in [1.165, 1.54) is 41.0 Å². The Hall–Kier alpha value is 0.492. The first kappa shape index (κ1) is 6.61.